The maximum atomic E-state index is 12.5. The molecule has 2 N–H and O–H groups in total. The molecule has 1 saturated carbocycles. The van der Waals surface area contributed by atoms with Gasteiger partial charge >= 0.3 is 5.97 Å². The van der Waals surface area contributed by atoms with Crippen molar-refractivity contribution in [3.8, 4) is 0 Å². The Balaban J connectivity index is 1.97. The summed E-state index contributed by atoms with van der Waals surface area (Å²) in [5.74, 6) is -1.15. The lowest BCUT2D eigenvalue weighted by Gasteiger charge is -2.21. The molecule has 0 bridgehead atoms. The lowest BCUT2D eigenvalue weighted by atomic mass is 10.0. The van der Waals surface area contributed by atoms with Crippen LogP contribution >= 0.6 is 11.6 Å². The minimum absolute atomic E-state index is 0.161. The van der Waals surface area contributed by atoms with E-state index in [2.05, 4.69) is 10.6 Å². The number of hydrogen-bond acceptors (Lipinski definition) is 4. The van der Waals surface area contributed by atoms with Gasteiger partial charge in [0.1, 0.15) is 6.04 Å². The lowest BCUT2D eigenvalue weighted by molar-refractivity contribution is -0.157. The molecule has 7 heteroatoms. The molecule has 0 unspecified atom stereocenters. The molecule has 0 aromatic heterocycles. The molecule has 0 spiro atoms. The van der Waals surface area contributed by atoms with E-state index in [1.165, 1.54) is 6.92 Å². The summed E-state index contributed by atoms with van der Waals surface area (Å²) in [6, 6.07) is 5.75. The number of esters is 1. The predicted octanol–water partition coefficient (Wildman–Crippen LogP) is 2.69. The van der Waals surface area contributed by atoms with Gasteiger partial charge in [-0.2, -0.15) is 0 Å². The smallest absolute Gasteiger partial charge is 0.329 e. The van der Waals surface area contributed by atoms with Crippen LogP contribution in [0.5, 0.6) is 0 Å². The number of carbonyl (C=O) groups excluding carboxylic acids is 3. The number of halogens is 1. The van der Waals surface area contributed by atoms with Crippen molar-refractivity contribution in [2.45, 2.75) is 58.2 Å². The largest absolute Gasteiger partial charge is 0.451 e. The molecule has 142 valence electrons. The summed E-state index contributed by atoms with van der Waals surface area (Å²) in [6.07, 6.45) is 1.43. The molecule has 1 aliphatic carbocycles. The van der Waals surface area contributed by atoms with Gasteiger partial charge in [0.15, 0.2) is 6.10 Å². The van der Waals surface area contributed by atoms with Crippen molar-refractivity contribution in [2.75, 3.05) is 0 Å². The minimum atomic E-state index is -0.898. The van der Waals surface area contributed by atoms with E-state index in [-0.39, 0.29) is 23.8 Å². The molecule has 26 heavy (non-hydrogen) atoms. The lowest BCUT2D eigenvalue weighted by Crippen LogP contribution is -2.46. The van der Waals surface area contributed by atoms with E-state index < -0.39 is 18.1 Å². The summed E-state index contributed by atoms with van der Waals surface area (Å²) in [4.78, 5) is 36.8. The van der Waals surface area contributed by atoms with Gasteiger partial charge in [-0.15, -0.1) is 0 Å². The first-order chi connectivity index (χ1) is 12.3. The topological polar surface area (TPSA) is 84.5 Å². The Morgan fingerprint density at radius 3 is 2.31 bits per heavy atom. The summed E-state index contributed by atoms with van der Waals surface area (Å²) in [5, 5.41) is 6.01. The number of rotatable bonds is 8. The number of amides is 2. The van der Waals surface area contributed by atoms with E-state index in [4.69, 9.17) is 16.3 Å². The van der Waals surface area contributed by atoms with Crippen LogP contribution in [-0.4, -0.2) is 36.0 Å². The molecular formula is C19H25ClN2O4. The number of ether oxygens (including phenoxy) is 1. The molecule has 2 amide bonds. The highest BCUT2D eigenvalue weighted by atomic mass is 35.5. The molecule has 2 rings (SSSR count). The maximum Gasteiger partial charge on any atom is 0.329 e. The second kappa shape index (κ2) is 9.03. The maximum absolute atomic E-state index is 12.5. The van der Waals surface area contributed by atoms with Crippen molar-refractivity contribution >= 4 is 29.4 Å². The highest BCUT2D eigenvalue weighted by Gasteiger charge is 2.30. The van der Waals surface area contributed by atoms with Crippen LogP contribution in [-0.2, 0) is 14.3 Å². The second-order valence-electron chi connectivity index (χ2n) is 7.02. The molecule has 1 aliphatic rings. The fourth-order valence-corrected chi connectivity index (χ4v) is 2.51. The Morgan fingerprint density at radius 2 is 1.77 bits per heavy atom. The van der Waals surface area contributed by atoms with Gasteiger partial charge in [0.2, 0.25) is 0 Å². The van der Waals surface area contributed by atoms with Crippen molar-refractivity contribution in [1.29, 1.82) is 0 Å². The molecule has 0 heterocycles. The van der Waals surface area contributed by atoms with Crippen molar-refractivity contribution < 1.29 is 19.1 Å². The van der Waals surface area contributed by atoms with Crippen molar-refractivity contribution in [1.82, 2.24) is 10.6 Å². The van der Waals surface area contributed by atoms with Gasteiger partial charge in [0, 0.05) is 16.6 Å². The molecule has 1 aromatic carbocycles. The quantitative estimate of drug-likeness (QED) is 0.679. The first-order valence-corrected chi connectivity index (χ1v) is 9.21. The summed E-state index contributed by atoms with van der Waals surface area (Å²) >= 11 is 5.82. The number of benzene rings is 1. The molecule has 6 nitrogen and oxygen atoms in total. The molecule has 0 saturated heterocycles. The molecule has 2 atom stereocenters. The highest BCUT2D eigenvalue weighted by molar-refractivity contribution is 6.30. The van der Waals surface area contributed by atoms with Gasteiger partial charge in [0.05, 0.1) is 0 Å². The number of nitrogens with one attached hydrogen (secondary N) is 2. The monoisotopic (exact) mass is 380 g/mol. The van der Waals surface area contributed by atoms with Gasteiger partial charge in [-0.3, -0.25) is 9.59 Å². The van der Waals surface area contributed by atoms with E-state index in [0.29, 0.717) is 17.0 Å². The third-order valence-corrected chi connectivity index (χ3v) is 4.24. The highest BCUT2D eigenvalue weighted by Crippen LogP contribution is 2.19. The van der Waals surface area contributed by atoms with Crippen LogP contribution in [0.3, 0.4) is 0 Å². The third-order valence-electron chi connectivity index (χ3n) is 3.99. The van der Waals surface area contributed by atoms with Crippen LogP contribution < -0.4 is 10.6 Å². The summed E-state index contributed by atoms with van der Waals surface area (Å²) in [7, 11) is 0. The normalized spacial score (nSPS) is 15.9. The van der Waals surface area contributed by atoms with Crippen molar-refractivity contribution in [3.05, 3.63) is 34.9 Å². The van der Waals surface area contributed by atoms with Crippen LogP contribution in [0, 0.1) is 5.92 Å². The standard InChI is InChI=1S/C19H25ClN2O4/c1-11(2)10-16(22-18(24)13-4-6-14(20)7-5-13)19(25)26-12(3)17(23)21-15-8-9-15/h4-7,11-12,15-16H,8-10H2,1-3H3,(H,21,23)(H,22,24)/t12-,16-/m0/s1. The average Bonchev–Trinajstić information content (AvgIpc) is 3.38. The van der Waals surface area contributed by atoms with Crippen LogP contribution in [0.1, 0.15) is 50.4 Å². The van der Waals surface area contributed by atoms with E-state index >= 15 is 0 Å². The van der Waals surface area contributed by atoms with Gasteiger partial charge in [0.25, 0.3) is 11.8 Å². The predicted molar refractivity (Wildman–Crippen MR) is 98.9 cm³/mol. The SMILES string of the molecule is CC(C)C[C@H](NC(=O)c1ccc(Cl)cc1)C(=O)O[C@@H](C)C(=O)NC1CC1. The molecular weight excluding hydrogens is 356 g/mol. The molecule has 1 fully saturated rings. The number of hydrogen-bond donors (Lipinski definition) is 2. The third kappa shape index (κ3) is 6.33. The van der Waals surface area contributed by atoms with E-state index in [1.54, 1.807) is 24.3 Å². The zero-order chi connectivity index (χ0) is 19.3. The summed E-state index contributed by atoms with van der Waals surface area (Å²) in [5.41, 5.74) is 0.399. The fourth-order valence-electron chi connectivity index (χ4n) is 2.38. The first-order valence-electron chi connectivity index (χ1n) is 8.83. The van der Waals surface area contributed by atoms with E-state index in [0.717, 1.165) is 12.8 Å². The number of carbonyl (C=O) groups is 3. The minimum Gasteiger partial charge on any atom is -0.451 e. The first kappa shape index (κ1) is 20.2. The zero-order valence-corrected chi connectivity index (χ0v) is 16.0. The molecule has 1 aromatic rings. The summed E-state index contributed by atoms with van der Waals surface area (Å²) in [6.45, 7) is 5.42. The average molecular weight is 381 g/mol. The second-order valence-corrected chi connectivity index (χ2v) is 7.46. The van der Waals surface area contributed by atoms with Gasteiger partial charge < -0.3 is 15.4 Å². The van der Waals surface area contributed by atoms with Crippen LogP contribution in [0.2, 0.25) is 5.02 Å². The van der Waals surface area contributed by atoms with Gasteiger partial charge in [-0.25, -0.2) is 4.79 Å². The van der Waals surface area contributed by atoms with E-state index in [1.807, 2.05) is 13.8 Å². The van der Waals surface area contributed by atoms with Gasteiger partial charge in [-0.05, 0) is 56.4 Å². The van der Waals surface area contributed by atoms with Crippen LogP contribution in [0.4, 0.5) is 0 Å². The summed E-state index contributed by atoms with van der Waals surface area (Å²) < 4.78 is 5.27. The zero-order valence-electron chi connectivity index (χ0n) is 15.3. The molecule has 0 aliphatic heterocycles. The Bertz CT molecular complexity index is 656. The fraction of sp³-hybridized carbons (Fsp3) is 0.526. The Hall–Kier alpha value is -2.08. The molecule has 0 radical (unpaired) electrons. The van der Waals surface area contributed by atoms with Crippen molar-refractivity contribution in [2.24, 2.45) is 5.92 Å². The van der Waals surface area contributed by atoms with Gasteiger partial charge in [-0.1, -0.05) is 25.4 Å². The Kier molecular flexibility index (Phi) is 7.03. The van der Waals surface area contributed by atoms with Crippen LogP contribution in [0.15, 0.2) is 24.3 Å². The Morgan fingerprint density at radius 1 is 1.15 bits per heavy atom. The van der Waals surface area contributed by atoms with Crippen molar-refractivity contribution in [3.63, 3.8) is 0 Å². The van der Waals surface area contributed by atoms with E-state index in [9.17, 15) is 14.4 Å². The Labute approximate surface area is 158 Å². The van der Waals surface area contributed by atoms with Crippen LogP contribution in [0.25, 0.3) is 0 Å².